The molecule has 0 aliphatic carbocycles. The molecule has 2 heterocycles. The van der Waals surface area contributed by atoms with E-state index in [9.17, 15) is 14.8 Å². The number of carbonyl (C=O) groups excluding carboxylic acids is 1. The smallest absolute Gasteiger partial charge is 0.252 e. The highest BCUT2D eigenvalue weighted by molar-refractivity contribution is 6.34. The topological polar surface area (TPSA) is 125 Å². The van der Waals surface area contributed by atoms with Crippen LogP contribution >= 0.6 is 11.6 Å². The van der Waals surface area contributed by atoms with Gasteiger partial charge >= 0.3 is 0 Å². The van der Waals surface area contributed by atoms with Crippen LogP contribution in [0, 0.1) is 12.1 Å². The van der Waals surface area contributed by atoms with Crippen molar-refractivity contribution in [2.75, 3.05) is 10.7 Å². The van der Waals surface area contributed by atoms with Crippen molar-refractivity contribution >= 4 is 29.0 Å². The third-order valence-electron chi connectivity index (χ3n) is 3.56. The highest BCUT2D eigenvalue weighted by Crippen LogP contribution is 2.37. The Balaban J connectivity index is 1.84. The Morgan fingerprint density at radius 2 is 2.04 bits per heavy atom. The number of aromatic amines is 1. The van der Waals surface area contributed by atoms with E-state index in [-0.39, 0.29) is 28.2 Å². The summed E-state index contributed by atoms with van der Waals surface area (Å²) in [5.41, 5.74) is 2.69. The summed E-state index contributed by atoms with van der Waals surface area (Å²) in [7, 11) is 0. The van der Waals surface area contributed by atoms with Gasteiger partial charge in [0.2, 0.25) is 5.95 Å². The molecule has 1 aromatic carbocycles. The van der Waals surface area contributed by atoms with Gasteiger partial charge in [-0.2, -0.15) is 5.01 Å². The first kappa shape index (κ1) is 16.4. The van der Waals surface area contributed by atoms with Crippen molar-refractivity contribution in [3.63, 3.8) is 0 Å². The minimum atomic E-state index is -0.922. The Morgan fingerprint density at radius 3 is 2.62 bits per heavy atom. The second-order valence-electron chi connectivity index (χ2n) is 5.26. The van der Waals surface area contributed by atoms with Gasteiger partial charge in [-0.05, 0) is 24.6 Å². The molecule has 0 spiro atoms. The minimum Gasteiger partial charge on any atom is -0.733 e. The van der Waals surface area contributed by atoms with Crippen LogP contribution in [-0.4, -0.2) is 31.5 Å². The summed E-state index contributed by atoms with van der Waals surface area (Å²) < 4.78 is 0. The summed E-state index contributed by atoms with van der Waals surface area (Å²) in [4.78, 5) is 30.2. The molecule has 3 rings (SSSR count). The summed E-state index contributed by atoms with van der Waals surface area (Å²) in [6.45, 7) is 1.67. The van der Waals surface area contributed by atoms with Crippen molar-refractivity contribution in [2.24, 2.45) is 0 Å². The molecular weight excluding hydrogens is 338 g/mol. The van der Waals surface area contributed by atoms with E-state index in [2.05, 4.69) is 15.4 Å². The van der Waals surface area contributed by atoms with E-state index in [1.807, 2.05) is 0 Å². The molecule has 0 saturated carbocycles. The molecule has 1 aromatic heterocycles. The highest BCUT2D eigenvalue weighted by Gasteiger charge is 2.48. The van der Waals surface area contributed by atoms with Gasteiger partial charge in [-0.1, -0.05) is 23.7 Å². The van der Waals surface area contributed by atoms with E-state index in [4.69, 9.17) is 16.8 Å². The first-order chi connectivity index (χ1) is 11.4. The van der Waals surface area contributed by atoms with E-state index in [0.29, 0.717) is 11.3 Å². The minimum absolute atomic E-state index is 0.0390. The van der Waals surface area contributed by atoms with Crippen LogP contribution in [0.15, 0.2) is 35.1 Å². The second-order valence-corrected chi connectivity index (χ2v) is 5.67. The maximum Gasteiger partial charge on any atom is 0.252 e. The van der Waals surface area contributed by atoms with Crippen LogP contribution in [0.2, 0.25) is 0 Å². The van der Waals surface area contributed by atoms with Gasteiger partial charge in [0.1, 0.15) is 6.04 Å². The molecule has 0 radical (unpaired) electrons. The lowest BCUT2D eigenvalue weighted by Gasteiger charge is -2.43. The molecule has 126 valence electrons. The third-order valence-corrected chi connectivity index (χ3v) is 3.99. The van der Waals surface area contributed by atoms with E-state index < -0.39 is 11.5 Å². The fraction of sp³-hybridized carbons (Fsp3) is 0.214. The standard InChI is InChI=1S/C14H13ClN5O4/c1-7-6-10(21)17-14(16-7)18-19-11(12(22)13(19)15)8-2-4-9(5-3-8)20(23)24/h2-6,11,13,23H,1H3,(H2,16,17,18,21)/q-1. The fourth-order valence-corrected chi connectivity index (χ4v) is 2.72. The van der Waals surface area contributed by atoms with Crippen LogP contribution < -0.4 is 16.2 Å². The van der Waals surface area contributed by atoms with Crippen molar-refractivity contribution in [1.29, 1.82) is 0 Å². The summed E-state index contributed by atoms with van der Waals surface area (Å²) in [6.07, 6.45) is 0. The van der Waals surface area contributed by atoms with Gasteiger partial charge in [0.15, 0.2) is 11.3 Å². The molecule has 0 amide bonds. The van der Waals surface area contributed by atoms with Crippen molar-refractivity contribution in [3.8, 4) is 0 Å². The lowest BCUT2D eigenvalue weighted by molar-refractivity contribution is -0.137. The third kappa shape index (κ3) is 2.97. The number of benzene rings is 1. The predicted octanol–water partition coefficient (Wildman–Crippen LogP) is 1.29. The first-order valence-corrected chi connectivity index (χ1v) is 7.37. The average molecular weight is 351 g/mol. The zero-order valence-electron chi connectivity index (χ0n) is 12.4. The molecule has 2 unspecified atom stereocenters. The Hall–Kier alpha value is -2.46. The Kier molecular flexibility index (Phi) is 4.24. The lowest BCUT2D eigenvalue weighted by Crippen LogP contribution is -2.59. The van der Waals surface area contributed by atoms with E-state index in [0.717, 1.165) is 0 Å². The molecule has 9 nitrogen and oxygen atoms in total. The number of carbonyl (C=O) groups is 1. The number of aryl methyl sites for hydroxylation is 1. The number of hydrazine groups is 1. The summed E-state index contributed by atoms with van der Waals surface area (Å²) in [5.74, 6) is -0.0734. The van der Waals surface area contributed by atoms with Gasteiger partial charge in [0, 0.05) is 11.8 Å². The molecule has 10 heteroatoms. The van der Waals surface area contributed by atoms with Crippen molar-refractivity contribution < 1.29 is 10.0 Å². The molecule has 2 aromatic rings. The van der Waals surface area contributed by atoms with Gasteiger partial charge in [-0.25, -0.2) is 4.98 Å². The number of anilines is 2. The Morgan fingerprint density at radius 1 is 1.38 bits per heavy atom. The van der Waals surface area contributed by atoms with Crippen LogP contribution in [0.5, 0.6) is 0 Å². The van der Waals surface area contributed by atoms with Gasteiger partial charge in [-0.3, -0.25) is 25.2 Å². The highest BCUT2D eigenvalue weighted by atomic mass is 35.5. The second kappa shape index (κ2) is 6.21. The van der Waals surface area contributed by atoms with Gasteiger partial charge in [-0.15, -0.1) is 0 Å². The van der Waals surface area contributed by atoms with E-state index >= 15 is 0 Å². The largest absolute Gasteiger partial charge is 0.733 e. The molecule has 3 N–H and O–H groups in total. The van der Waals surface area contributed by atoms with Crippen molar-refractivity contribution in [3.05, 3.63) is 57.2 Å². The maximum absolute atomic E-state index is 12.1. The van der Waals surface area contributed by atoms with Crippen LogP contribution in [-0.2, 0) is 4.79 Å². The molecule has 0 bridgehead atoms. The molecule has 1 saturated heterocycles. The number of aromatic nitrogens is 2. The number of hydrogen-bond acceptors (Lipinski definition) is 8. The number of H-pyrrole nitrogens is 1. The predicted molar refractivity (Wildman–Crippen MR) is 86.5 cm³/mol. The molecular formula is C14H13ClN5O4-. The Labute approximate surface area is 141 Å². The van der Waals surface area contributed by atoms with Crippen molar-refractivity contribution in [2.45, 2.75) is 18.5 Å². The quantitative estimate of drug-likeness (QED) is 0.428. The zero-order valence-corrected chi connectivity index (χ0v) is 13.2. The van der Waals surface area contributed by atoms with Gasteiger partial charge in [0.25, 0.3) is 5.56 Å². The number of alkyl halides is 1. The number of nitrogens with one attached hydrogen (secondary N) is 2. The Bertz CT molecular complexity index is 823. The monoisotopic (exact) mass is 350 g/mol. The van der Waals surface area contributed by atoms with Gasteiger partial charge < -0.3 is 10.4 Å². The average Bonchev–Trinajstić information content (AvgIpc) is 2.53. The van der Waals surface area contributed by atoms with Crippen LogP contribution in [0.25, 0.3) is 0 Å². The number of ketones is 1. The van der Waals surface area contributed by atoms with Gasteiger partial charge in [0.05, 0.1) is 5.69 Å². The molecule has 1 aliphatic rings. The van der Waals surface area contributed by atoms with Crippen LogP contribution in [0.4, 0.5) is 11.6 Å². The molecule has 1 aliphatic heterocycles. The molecule has 1 fully saturated rings. The number of Topliss-reactive ketones (excluding diaryl/α,β-unsaturated/α-hetero) is 1. The van der Waals surface area contributed by atoms with Crippen LogP contribution in [0.1, 0.15) is 17.3 Å². The first-order valence-electron chi connectivity index (χ1n) is 6.93. The lowest BCUT2D eigenvalue weighted by atomic mass is 9.95. The number of halogens is 1. The van der Waals surface area contributed by atoms with Crippen LogP contribution in [0.3, 0.4) is 0 Å². The summed E-state index contributed by atoms with van der Waals surface area (Å²) in [5, 5.41) is 20.8. The molecule has 2 atom stereocenters. The number of hydrogen-bond donors (Lipinski definition) is 3. The SMILES string of the molecule is Cc1cc(=O)[nH]c(NN2C(Cl)C(=O)C2c2ccc(N([O-])O)cc2)n1. The summed E-state index contributed by atoms with van der Waals surface area (Å²) in [6, 6.07) is 6.45. The number of rotatable bonds is 4. The zero-order chi connectivity index (χ0) is 17.4. The fourth-order valence-electron chi connectivity index (χ4n) is 2.44. The summed E-state index contributed by atoms with van der Waals surface area (Å²) >= 11 is 6.02. The maximum atomic E-state index is 12.1. The molecule has 24 heavy (non-hydrogen) atoms. The normalized spacial score (nSPS) is 20.6. The van der Waals surface area contributed by atoms with E-state index in [1.54, 1.807) is 6.92 Å². The number of nitrogens with zero attached hydrogens (tertiary/aromatic N) is 3. The van der Waals surface area contributed by atoms with E-state index in [1.165, 1.54) is 35.3 Å². The van der Waals surface area contributed by atoms with Crippen molar-refractivity contribution in [1.82, 2.24) is 15.0 Å².